The zero-order chi connectivity index (χ0) is 8.81. The Bertz CT molecular complexity index is 174. The van der Waals surface area contributed by atoms with Crippen LogP contribution in [0.3, 0.4) is 0 Å². The summed E-state index contributed by atoms with van der Waals surface area (Å²) in [6.07, 6.45) is 4.39. The van der Waals surface area contributed by atoms with Crippen molar-refractivity contribution in [2.45, 2.75) is 19.3 Å². The molecule has 1 fully saturated rings. The van der Waals surface area contributed by atoms with Gasteiger partial charge in [-0.3, -0.25) is 0 Å². The smallest absolute Gasteiger partial charge is 0.330 e. The van der Waals surface area contributed by atoms with Crippen molar-refractivity contribution in [3.8, 4) is 0 Å². The highest BCUT2D eigenvalue weighted by atomic mass is 16.5. The van der Waals surface area contributed by atoms with Gasteiger partial charge in [0.15, 0.2) is 0 Å². The molecule has 0 aromatic heterocycles. The summed E-state index contributed by atoms with van der Waals surface area (Å²) in [6.45, 7) is 1.53. The van der Waals surface area contributed by atoms with Crippen LogP contribution in [0.5, 0.6) is 0 Å². The average Bonchev–Trinajstić information content (AvgIpc) is 2.33. The van der Waals surface area contributed by atoms with Crippen LogP contribution >= 0.6 is 0 Å². The van der Waals surface area contributed by atoms with E-state index >= 15 is 0 Å². The van der Waals surface area contributed by atoms with Gasteiger partial charge in [-0.25, -0.2) is 4.79 Å². The van der Waals surface area contributed by atoms with E-state index in [0.29, 0.717) is 0 Å². The first-order chi connectivity index (χ1) is 5.83. The standard InChI is InChI=1S/C9H14O3/c1-11-9(10)7-8-3-2-5-12-6-4-8/h7H,2-6H2,1H3/b8-7+. The highest BCUT2D eigenvalue weighted by Crippen LogP contribution is 2.14. The van der Waals surface area contributed by atoms with E-state index in [2.05, 4.69) is 4.74 Å². The Morgan fingerprint density at radius 2 is 2.33 bits per heavy atom. The molecule has 0 saturated carbocycles. The summed E-state index contributed by atoms with van der Waals surface area (Å²) in [4.78, 5) is 10.9. The molecular formula is C9H14O3. The Morgan fingerprint density at radius 1 is 1.50 bits per heavy atom. The first kappa shape index (κ1) is 9.26. The van der Waals surface area contributed by atoms with Gasteiger partial charge in [0.1, 0.15) is 0 Å². The summed E-state index contributed by atoms with van der Waals surface area (Å²) in [6, 6.07) is 0. The normalized spacial score (nSPS) is 21.9. The van der Waals surface area contributed by atoms with Crippen molar-refractivity contribution in [2.24, 2.45) is 0 Å². The van der Waals surface area contributed by atoms with Crippen molar-refractivity contribution in [3.05, 3.63) is 11.6 Å². The molecular weight excluding hydrogens is 156 g/mol. The van der Waals surface area contributed by atoms with Crippen LogP contribution < -0.4 is 0 Å². The second kappa shape index (κ2) is 4.93. The monoisotopic (exact) mass is 170 g/mol. The van der Waals surface area contributed by atoms with Crippen molar-refractivity contribution in [1.29, 1.82) is 0 Å². The van der Waals surface area contributed by atoms with E-state index in [1.165, 1.54) is 7.11 Å². The van der Waals surface area contributed by atoms with Crippen LogP contribution in [-0.2, 0) is 14.3 Å². The molecule has 0 spiro atoms. The van der Waals surface area contributed by atoms with E-state index in [0.717, 1.165) is 38.0 Å². The maximum absolute atomic E-state index is 10.9. The number of rotatable bonds is 1. The van der Waals surface area contributed by atoms with Gasteiger partial charge in [0, 0.05) is 12.7 Å². The minimum absolute atomic E-state index is 0.257. The molecule has 0 aromatic carbocycles. The average molecular weight is 170 g/mol. The fourth-order valence-corrected chi connectivity index (χ4v) is 1.20. The van der Waals surface area contributed by atoms with Gasteiger partial charge in [-0.2, -0.15) is 0 Å². The molecule has 68 valence electrons. The number of hydrogen-bond donors (Lipinski definition) is 0. The topological polar surface area (TPSA) is 35.5 Å². The Labute approximate surface area is 72.4 Å². The van der Waals surface area contributed by atoms with Gasteiger partial charge in [-0.15, -0.1) is 0 Å². The zero-order valence-electron chi connectivity index (χ0n) is 7.34. The number of methoxy groups -OCH3 is 1. The lowest BCUT2D eigenvalue weighted by molar-refractivity contribution is -0.134. The van der Waals surface area contributed by atoms with E-state index in [-0.39, 0.29) is 5.97 Å². The van der Waals surface area contributed by atoms with Gasteiger partial charge < -0.3 is 9.47 Å². The molecule has 0 bridgehead atoms. The maximum atomic E-state index is 10.9. The quantitative estimate of drug-likeness (QED) is 0.439. The highest BCUT2D eigenvalue weighted by Gasteiger charge is 2.05. The predicted molar refractivity (Wildman–Crippen MR) is 44.8 cm³/mol. The minimum Gasteiger partial charge on any atom is -0.466 e. The highest BCUT2D eigenvalue weighted by molar-refractivity contribution is 5.82. The van der Waals surface area contributed by atoms with Crippen molar-refractivity contribution < 1.29 is 14.3 Å². The van der Waals surface area contributed by atoms with Gasteiger partial charge in [0.2, 0.25) is 0 Å². The third-order valence-electron chi connectivity index (χ3n) is 1.88. The molecule has 0 amide bonds. The number of esters is 1. The van der Waals surface area contributed by atoms with Crippen LogP contribution in [0, 0.1) is 0 Å². The third kappa shape index (κ3) is 3.05. The summed E-state index contributed by atoms with van der Waals surface area (Å²) in [5, 5.41) is 0. The van der Waals surface area contributed by atoms with Gasteiger partial charge in [0.25, 0.3) is 0 Å². The molecule has 0 radical (unpaired) electrons. The van der Waals surface area contributed by atoms with Gasteiger partial charge in [-0.05, 0) is 19.3 Å². The van der Waals surface area contributed by atoms with Crippen LogP contribution in [0.2, 0.25) is 0 Å². The van der Waals surface area contributed by atoms with Crippen molar-refractivity contribution in [3.63, 3.8) is 0 Å². The van der Waals surface area contributed by atoms with E-state index in [1.807, 2.05) is 0 Å². The lowest BCUT2D eigenvalue weighted by atomic mass is 10.1. The molecule has 3 nitrogen and oxygen atoms in total. The van der Waals surface area contributed by atoms with Crippen molar-refractivity contribution in [1.82, 2.24) is 0 Å². The molecule has 0 N–H and O–H groups in total. The van der Waals surface area contributed by atoms with Crippen LogP contribution in [-0.4, -0.2) is 26.3 Å². The van der Waals surface area contributed by atoms with E-state index in [9.17, 15) is 4.79 Å². The summed E-state index contributed by atoms with van der Waals surface area (Å²) in [7, 11) is 1.40. The van der Waals surface area contributed by atoms with Crippen LogP contribution in [0.15, 0.2) is 11.6 Å². The van der Waals surface area contributed by atoms with Gasteiger partial charge >= 0.3 is 5.97 Å². The number of ether oxygens (including phenoxy) is 2. The number of carbonyl (C=O) groups excluding carboxylic acids is 1. The Hall–Kier alpha value is -0.830. The summed E-state index contributed by atoms with van der Waals surface area (Å²) in [5.74, 6) is -0.257. The Morgan fingerprint density at radius 3 is 3.08 bits per heavy atom. The lowest BCUT2D eigenvalue weighted by Gasteiger charge is -1.99. The van der Waals surface area contributed by atoms with Crippen molar-refractivity contribution in [2.75, 3.05) is 20.3 Å². The van der Waals surface area contributed by atoms with Gasteiger partial charge in [-0.1, -0.05) is 5.57 Å². The first-order valence-electron chi connectivity index (χ1n) is 4.18. The molecule has 1 saturated heterocycles. The fraction of sp³-hybridized carbons (Fsp3) is 0.667. The first-order valence-corrected chi connectivity index (χ1v) is 4.18. The molecule has 0 aromatic rings. The summed E-state index contributed by atoms with van der Waals surface area (Å²) in [5.41, 5.74) is 1.14. The Balaban J connectivity index is 2.47. The summed E-state index contributed by atoms with van der Waals surface area (Å²) >= 11 is 0. The van der Waals surface area contributed by atoms with Gasteiger partial charge in [0.05, 0.1) is 13.7 Å². The largest absolute Gasteiger partial charge is 0.466 e. The summed E-state index contributed by atoms with van der Waals surface area (Å²) < 4.78 is 9.78. The molecule has 1 rings (SSSR count). The second-order valence-electron chi connectivity index (χ2n) is 2.79. The Kier molecular flexibility index (Phi) is 3.80. The third-order valence-corrected chi connectivity index (χ3v) is 1.88. The molecule has 0 unspecified atom stereocenters. The van der Waals surface area contributed by atoms with Crippen LogP contribution in [0.25, 0.3) is 0 Å². The van der Waals surface area contributed by atoms with Crippen LogP contribution in [0.1, 0.15) is 19.3 Å². The van der Waals surface area contributed by atoms with Crippen molar-refractivity contribution >= 4 is 5.97 Å². The second-order valence-corrected chi connectivity index (χ2v) is 2.79. The molecule has 12 heavy (non-hydrogen) atoms. The number of carbonyl (C=O) groups is 1. The molecule has 1 heterocycles. The van der Waals surface area contributed by atoms with E-state index in [4.69, 9.17) is 4.74 Å². The zero-order valence-corrected chi connectivity index (χ0v) is 7.34. The van der Waals surface area contributed by atoms with E-state index < -0.39 is 0 Å². The molecule has 3 heteroatoms. The molecule has 1 aliphatic heterocycles. The SMILES string of the molecule is COC(=O)/C=C1\CCCOCC1. The molecule has 0 atom stereocenters. The lowest BCUT2D eigenvalue weighted by Crippen LogP contribution is -1.97. The van der Waals surface area contributed by atoms with E-state index in [1.54, 1.807) is 6.08 Å². The number of hydrogen-bond acceptors (Lipinski definition) is 3. The fourth-order valence-electron chi connectivity index (χ4n) is 1.20. The van der Waals surface area contributed by atoms with Crippen LogP contribution in [0.4, 0.5) is 0 Å². The molecule has 0 aliphatic carbocycles. The maximum Gasteiger partial charge on any atom is 0.330 e. The minimum atomic E-state index is -0.257. The molecule has 1 aliphatic rings. The predicted octanol–water partition coefficient (Wildman–Crippen LogP) is 1.29.